The Bertz CT molecular complexity index is 502. The fraction of sp³-hybridized carbons (Fsp3) is 0.429. The molecule has 1 aromatic carbocycles. The molecule has 0 aliphatic carbocycles. The molecule has 0 heterocycles. The number of carboxylic acids is 1. The highest BCUT2D eigenvalue weighted by molar-refractivity contribution is 5.99. The minimum Gasteiger partial charge on any atom is -0.496 e. The third-order valence-electron chi connectivity index (χ3n) is 2.73. The van der Waals surface area contributed by atoms with Crippen molar-refractivity contribution >= 4 is 11.9 Å². The molecule has 1 rings (SSSR count). The van der Waals surface area contributed by atoms with Gasteiger partial charge < -0.3 is 15.2 Å². The van der Waals surface area contributed by atoms with Crippen molar-refractivity contribution in [2.75, 3.05) is 7.11 Å². The van der Waals surface area contributed by atoms with Crippen molar-refractivity contribution in [1.82, 2.24) is 5.32 Å². The molecule has 20 heavy (non-hydrogen) atoms. The second kappa shape index (κ2) is 6.88. The lowest BCUT2D eigenvalue weighted by Gasteiger charge is -2.17. The normalized spacial score (nSPS) is 12.1. The quantitative estimate of drug-likeness (QED) is 0.838. The Kier molecular flexibility index (Phi) is 5.49. The minimum atomic E-state index is -1.15. The van der Waals surface area contributed by atoms with Crippen LogP contribution in [0, 0.1) is 11.7 Å². The number of nitrogens with one attached hydrogen (secondary N) is 1. The SMILES string of the molecule is COc1cccc(F)c1C(=O)N[C@@H](CC(C)C)C(=O)O. The molecule has 0 radical (unpaired) electrons. The molecule has 0 unspecified atom stereocenters. The molecule has 0 saturated carbocycles. The van der Waals surface area contributed by atoms with Crippen LogP contribution in [0.25, 0.3) is 0 Å². The van der Waals surface area contributed by atoms with Gasteiger partial charge in [0.25, 0.3) is 5.91 Å². The van der Waals surface area contributed by atoms with Crippen LogP contribution in [0.15, 0.2) is 18.2 Å². The molecule has 0 saturated heterocycles. The number of aliphatic carboxylic acids is 1. The molecule has 5 nitrogen and oxygen atoms in total. The van der Waals surface area contributed by atoms with Gasteiger partial charge in [-0.3, -0.25) is 4.79 Å². The number of carbonyl (C=O) groups is 2. The number of ether oxygens (including phenoxy) is 1. The zero-order valence-electron chi connectivity index (χ0n) is 11.6. The van der Waals surface area contributed by atoms with Crippen LogP contribution in [-0.2, 0) is 4.79 Å². The zero-order chi connectivity index (χ0) is 15.3. The molecule has 0 aromatic heterocycles. The van der Waals surface area contributed by atoms with Crippen LogP contribution in [0.1, 0.15) is 30.6 Å². The Morgan fingerprint density at radius 3 is 2.55 bits per heavy atom. The Labute approximate surface area is 116 Å². The predicted octanol–water partition coefficient (Wildman–Crippen LogP) is 2.06. The summed E-state index contributed by atoms with van der Waals surface area (Å²) in [5, 5.41) is 11.4. The molecule has 2 N–H and O–H groups in total. The number of methoxy groups -OCH3 is 1. The zero-order valence-corrected chi connectivity index (χ0v) is 11.6. The number of hydrogen-bond donors (Lipinski definition) is 2. The summed E-state index contributed by atoms with van der Waals surface area (Å²) in [7, 11) is 1.31. The smallest absolute Gasteiger partial charge is 0.326 e. The van der Waals surface area contributed by atoms with Crippen LogP contribution >= 0.6 is 0 Å². The Hall–Kier alpha value is -2.11. The predicted molar refractivity (Wildman–Crippen MR) is 71.3 cm³/mol. The molecule has 1 aromatic rings. The number of carbonyl (C=O) groups excluding carboxylic acids is 1. The second-order valence-corrected chi connectivity index (χ2v) is 4.81. The summed E-state index contributed by atoms with van der Waals surface area (Å²) in [6.07, 6.45) is 0.262. The molecule has 110 valence electrons. The van der Waals surface area contributed by atoms with Crippen molar-refractivity contribution < 1.29 is 23.8 Å². The van der Waals surface area contributed by atoms with E-state index in [1.165, 1.54) is 19.2 Å². The molecule has 0 aliphatic rings. The molecular weight excluding hydrogens is 265 g/mol. The van der Waals surface area contributed by atoms with Crippen molar-refractivity contribution in [2.45, 2.75) is 26.3 Å². The average Bonchev–Trinajstić information content (AvgIpc) is 2.36. The van der Waals surface area contributed by atoms with Crippen molar-refractivity contribution in [2.24, 2.45) is 5.92 Å². The van der Waals surface area contributed by atoms with Crippen LogP contribution in [0.2, 0.25) is 0 Å². The van der Waals surface area contributed by atoms with Gasteiger partial charge in [-0.1, -0.05) is 19.9 Å². The van der Waals surface area contributed by atoms with Crippen LogP contribution in [-0.4, -0.2) is 30.1 Å². The standard InChI is InChI=1S/C14H18FNO4/c1-8(2)7-10(14(18)19)16-13(17)12-9(15)5-4-6-11(12)20-3/h4-6,8,10H,7H2,1-3H3,(H,16,17)(H,18,19)/t10-/m0/s1. The maximum Gasteiger partial charge on any atom is 0.326 e. The lowest BCUT2D eigenvalue weighted by molar-refractivity contribution is -0.139. The average molecular weight is 283 g/mol. The lowest BCUT2D eigenvalue weighted by Crippen LogP contribution is -2.42. The largest absolute Gasteiger partial charge is 0.496 e. The van der Waals surface area contributed by atoms with Crippen molar-refractivity contribution in [1.29, 1.82) is 0 Å². The van der Waals surface area contributed by atoms with E-state index < -0.39 is 23.7 Å². The van der Waals surface area contributed by atoms with Gasteiger partial charge in [-0.05, 0) is 24.5 Å². The van der Waals surface area contributed by atoms with E-state index in [0.717, 1.165) is 6.07 Å². The molecular formula is C14H18FNO4. The van der Waals surface area contributed by atoms with Crippen molar-refractivity contribution in [3.63, 3.8) is 0 Å². The van der Waals surface area contributed by atoms with E-state index in [2.05, 4.69) is 5.32 Å². The lowest BCUT2D eigenvalue weighted by atomic mass is 10.0. The van der Waals surface area contributed by atoms with E-state index in [4.69, 9.17) is 9.84 Å². The molecule has 0 spiro atoms. The van der Waals surface area contributed by atoms with Crippen molar-refractivity contribution in [3.05, 3.63) is 29.6 Å². The Balaban J connectivity index is 2.97. The van der Waals surface area contributed by atoms with Crippen LogP contribution < -0.4 is 10.1 Å². The van der Waals surface area contributed by atoms with Crippen LogP contribution in [0.3, 0.4) is 0 Å². The number of hydrogen-bond acceptors (Lipinski definition) is 3. The molecule has 6 heteroatoms. The summed E-state index contributed by atoms with van der Waals surface area (Å²) < 4.78 is 18.6. The first-order chi connectivity index (χ1) is 9.36. The summed E-state index contributed by atoms with van der Waals surface area (Å²) in [6.45, 7) is 3.68. The Morgan fingerprint density at radius 1 is 1.40 bits per heavy atom. The summed E-state index contributed by atoms with van der Waals surface area (Å²) in [6, 6.07) is 2.91. The number of amides is 1. The minimum absolute atomic E-state index is 0.0659. The molecule has 1 amide bonds. The van der Waals surface area contributed by atoms with Crippen molar-refractivity contribution in [3.8, 4) is 5.75 Å². The van der Waals surface area contributed by atoms with Gasteiger partial charge in [-0.15, -0.1) is 0 Å². The highest BCUT2D eigenvalue weighted by Gasteiger charge is 2.25. The van der Waals surface area contributed by atoms with Crippen LogP contribution in [0.4, 0.5) is 4.39 Å². The monoisotopic (exact) mass is 283 g/mol. The van der Waals surface area contributed by atoms with Gasteiger partial charge >= 0.3 is 5.97 Å². The van der Waals surface area contributed by atoms with E-state index in [-0.39, 0.29) is 23.7 Å². The fourth-order valence-corrected chi connectivity index (χ4v) is 1.82. The number of halogens is 1. The first-order valence-corrected chi connectivity index (χ1v) is 6.23. The topological polar surface area (TPSA) is 75.6 Å². The van der Waals surface area contributed by atoms with Gasteiger partial charge in [-0.25, -0.2) is 9.18 Å². The number of benzene rings is 1. The highest BCUT2D eigenvalue weighted by Crippen LogP contribution is 2.21. The summed E-state index contributed by atoms with van der Waals surface area (Å²) in [4.78, 5) is 23.1. The summed E-state index contributed by atoms with van der Waals surface area (Å²) in [5.74, 6) is -2.55. The van der Waals surface area contributed by atoms with Gasteiger partial charge in [0.15, 0.2) is 0 Å². The first-order valence-electron chi connectivity index (χ1n) is 6.23. The Morgan fingerprint density at radius 2 is 2.05 bits per heavy atom. The third-order valence-corrected chi connectivity index (χ3v) is 2.73. The molecule has 0 aliphatic heterocycles. The summed E-state index contributed by atoms with van der Waals surface area (Å²) in [5.41, 5.74) is -0.287. The highest BCUT2D eigenvalue weighted by atomic mass is 19.1. The number of rotatable bonds is 6. The van der Waals surface area contributed by atoms with E-state index >= 15 is 0 Å². The fourth-order valence-electron chi connectivity index (χ4n) is 1.82. The van der Waals surface area contributed by atoms with Gasteiger partial charge in [0, 0.05) is 0 Å². The number of carboxylic acid groups (broad SMARTS) is 1. The van der Waals surface area contributed by atoms with E-state index in [9.17, 15) is 14.0 Å². The second-order valence-electron chi connectivity index (χ2n) is 4.81. The molecule has 1 atom stereocenters. The maximum absolute atomic E-state index is 13.7. The van der Waals surface area contributed by atoms with Gasteiger partial charge in [0.1, 0.15) is 23.2 Å². The third kappa shape index (κ3) is 3.94. The first kappa shape index (κ1) is 15.9. The van der Waals surface area contributed by atoms with E-state index in [1.807, 2.05) is 13.8 Å². The molecule has 0 fully saturated rings. The van der Waals surface area contributed by atoms with Gasteiger partial charge in [0.05, 0.1) is 7.11 Å². The van der Waals surface area contributed by atoms with Crippen LogP contribution in [0.5, 0.6) is 5.75 Å². The molecule has 0 bridgehead atoms. The maximum atomic E-state index is 13.7. The van der Waals surface area contributed by atoms with Gasteiger partial charge in [0.2, 0.25) is 0 Å². The summed E-state index contributed by atoms with van der Waals surface area (Å²) >= 11 is 0. The van der Waals surface area contributed by atoms with Gasteiger partial charge in [-0.2, -0.15) is 0 Å². The van der Waals surface area contributed by atoms with E-state index in [0.29, 0.717) is 0 Å². The van der Waals surface area contributed by atoms with E-state index in [1.54, 1.807) is 0 Å².